The summed E-state index contributed by atoms with van der Waals surface area (Å²) >= 11 is 0. The van der Waals surface area contributed by atoms with Crippen molar-refractivity contribution in [1.82, 2.24) is 14.5 Å². The van der Waals surface area contributed by atoms with E-state index in [9.17, 15) is 4.79 Å². The van der Waals surface area contributed by atoms with E-state index in [4.69, 9.17) is 9.52 Å². The number of imidazole rings is 1. The van der Waals surface area contributed by atoms with Gasteiger partial charge in [0, 0.05) is 19.5 Å². The molecule has 0 bridgehead atoms. The zero-order chi connectivity index (χ0) is 13.6. The predicted molar refractivity (Wildman–Crippen MR) is 67.9 cm³/mol. The van der Waals surface area contributed by atoms with Gasteiger partial charge in [-0.3, -0.25) is 0 Å². The van der Waals surface area contributed by atoms with Crippen LogP contribution in [0.3, 0.4) is 0 Å². The summed E-state index contributed by atoms with van der Waals surface area (Å²) in [4.78, 5) is 19.3. The number of nitrogens with zero attached hydrogens (tertiary/aromatic N) is 3. The Morgan fingerprint density at radius 1 is 1.42 bits per heavy atom. The van der Waals surface area contributed by atoms with Gasteiger partial charge in [-0.2, -0.15) is 0 Å². The Morgan fingerprint density at radius 2 is 2.21 bits per heavy atom. The molecule has 2 aromatic heterocycles. The molecule has 0 atom stereocenters. The second-order valence-electron chi connectivity index (χ2n) is 4.27. The molecule has 6 heteroatoms. The number of rotatable bonds is 2. The first-order chi connectivity index (χ1) is 9.06. The highest BCUT2D eigenvalue weighted by Gasteiger charge is 2.18. The van der Waals surface area contributed by atoms with Gasteiger partial charge in [0.1, 0.15) is 5.52 Å². The third-order valence-electron chi connectivity index (χ3n) is 2.91. The summed E-state index contributed by atoms with van der Waals surface area (Å²) in [6.07, 6.45) is 1.48. The normalized spacial score (nSPS) is 11.1. The number of aromatic nitrogens is 3. The molecule has 0 radical (unpaired) electrons. The number of hydrogen-bond donors (Lipinski definition) is 1. The first kappa shape index (κ1) is 11.5. The molecule has 96 valence electrons. The van der Waals surface area contributed by atoms with Crippen LogP contribution in [-0.2, 0) is 7.05 Å². The van der Waals surface area contributed by atoms with Gasteiger partial charge in [0.2, 0.25) is 0 Å². The second kappa shape index (κ2) is 3.94. The van der Waals surface area contributed by atoms with E-state index in [1.54, 1.807) is 36.7 Å². The highest BCUT2D eigenvalue weighted by Crippen LogP contribution is 2.26. The van der Waals surface area contributed by atoms with E-state index in [0.29, 0.717) is 22.7 Å². The van der Waals surface area contributed by atoms with Crippen LogP contribution in [0.4, 0.5) is 0 Å². The largest absolute Gasteiger partial charge is 0.476 e. The quantitative estimate of drug-likeness (QED) is 0.761. The highest BCUT2D eigenvalue weighted by molar-refractivity contribution is 5.94. The van der Waals surface area contributed by atoms with Gasteiger partial charge in [-0.15, -0.1) is 0 Å². The van der Waals surface area contributed by atoms with Gasteiger partial charge in [0.05, 0.1) is 12.0 Å². The number of carbonyl (C=O) groups is 1. The molecule has 1 aromatic carbocycles. The van der Waals surface area contributed by atoms with Crippen LogP contribution in [-0.4, -0.2) is 25.6 Å². The molecule has 1 N–H and O–H groups in total. The van der Waals surface area contributed by atoms with Crippen LogP contribution in [0.5, 0.6) is 0 Å². The number of aryl methyl sites for hydroxylation is 2. The Hall–Kier alpha value is -2.63. The lowest BCUT2D eigenvalue weighted by Crippen LogP contribution is -2.01. The lowest BCUT2D eigenvalue weighted by atomic mass is 10.1. The maximum atomic E-state index is 11.2. The van der Waals surface area contributed by atoms with Crippen molar-refractivity contribution in [2.24, 2.45) is 7.05 Å². The molecule has 2 heterocycles. The van der Waals surface area contributed by atoms with Crippen molar-refractivity contribution in [3.05, 3.63) is 36.1 Å². The molecule has 0 unspecified atom stereocenters. The van der Waals surface area contributed by atoms with Crippen molar-refractivity contribution >= 4 is 17.1 Å². The molecular weight excluding hydrogens is 246 g/mol. The lowest BCUT2D eigenvalue weighted by Gasteiger charge is -2.03. The van der Waals surface area contributed by atoms with Crippen LogP contribution in [0.15, 0.2) is 28.9 Å². The number of fused-ring (bicyclic) bond motifs is 1. The fourth-order valence-corrected chi connectivity index (χ4v) is 2.12. The average Bonchev–Trinajstić information content (AvgIpc) is 2.89. The van der Waals surface area contributed by atoms with E-state index < -0.39 is 5.97 Å². The fourth-order valence-electron chi connectivity index (χ4n) is 2.12. The molecular formula is C13H11N3O3. The molecule has 0 saturated carbocycles. The van der Waals surface area contributed by atoms with Crippen LogP contribution < -0.4 is 0 Å². The molecule has 0 spiro atoms. The van der Waals surface area contributed by atoms with Crippen LogP contribution >= 0.6 is 0 Å². The molecule has 3 rings (SSSR count). The zero-order valence-electron chi connectivity index (χ0n) is 10.4. The summed E-state index contributed by atoms with van der Waals surface area (Å²) < 4.78 is 7.08. The van der Waals surface area contributed by atoms with Crippen molar-refractivity contribution in [3.8, 4) is 11.3 Å². The summed E-state index contributed by atoms with van der Waals surface area (Å²) in [7, 11) is 1.76. The predicted octanol–water partition coefficient (Wildman–Crippen LogP) is 2.23. The number of oxazole rings is 1. The molecule has 0 aliphatic carbocycles. The van der Waals surface area contributed by atoms with Crippen molar-refractivity contribution in [2.75, 3.05) is 0 Å². The zero-order valence-corrected chi connectivity index (χ0v) is 10.4. The van der Waals surface area contributed by atoms with E-state index in [0.717, 1.165) is 5.56 Å². The summed E-state index contributed by atoms with van der Waals surface area (Å²) in [5.41, 5.74) is 2.71. The first-order valence-corrected chi connectivity index (χ1v) is 5.68. The van der Waals surface area contributed by atoms with E-state index in [2.05, 4.69) is 9.97 Å². The van der Waals surface area contributed by atoms with Crippen LogP contribution in [0.25, 0.3) is 22.4 Å². The molecule has 0 aliphatic rings. The number of benzene rings is 1. The third kappa shape index (κ3) is 1.77. The Labute approximate surface area is 108 Å². The van der Waals surface area contributed by atoms with Crippen molar-refractivity contribution in [2.45, 2.75) is 6.92 Å². The molecule has 0 aliphatic heterocycles. The van der Waals surface area contributed by atoms with Gasteiger partial charge in [-0.1, -0.05) is 0 Å². The standard InChI is InChI=1S/C13H11N3O3/c1-7-15-9-5-8(3-4-10(9)19-7)12-11(13(17)18)14-6-16(12)2/h3-6H,1-2H3,(H,17,18). The van der Waals surface area contributed by atoms with Crippen LogP contribution in [0, 0.1) is 6.92 Å². The summed E-state index contributed by atoms with van der Waals surface area (Å²) in [6, 6.07) is 5.38. The minimum atomic E-state index is -1.05. The van der Waals surface area contributed by atoms with E-state index in [1.165, 1.54) is 6.33 Å². The molecule has 0 amide bonds. The Balaban J connectivity index is 2.23. The second-order valence-corrected chi connectivity index (χ2v) is 4.27. The minimum Gasteiger partial charge on any atom is -0.476 e. The highest BCUT2D eigenvalue weighted by atomic mass is 16.4. The minimum absolute atomic E-state index is 0.0297. The Bertz CT molecular complexity index is 786. The van der Waals surface area contributed by atoms with Crippen molar-refractivity contribution in [1.29, 1.82) is 0 Å². The summed E-state index contributed by atoms with van der Waals surface area (Å²) in [5, 5.41) is 9.15. The van der Waals surface area contributed by atoms with Gasteiger partial charge < -0.3 is 14.1 Å². The van der Waals surface area contributed by atoms with Gasteiger partial charge in [0.15, 0.2) is 17.2 Å². The Kier molecular flexibility index (Phi) is 2.38. The van der Waals surface area contributed by atoms with Gasteiger partial charge >= 0.3 is 5.97 Å². The fraction of sp³-hybridized carbons (Fsp3) is 0.154. The maximum Gasteiger partial charge on any atom is 0.356 e. The molecule has 0 fully saturated rings. The van der Waals surface area contributed by atoms with Crippen LogP contribution in [0.2, 0.25) is 0 Å². The molecule has 19 heavy (non-hydrogen) atoms. The number of carboxylic acids is 1. The molecule has 3 aromatic rings. The number of hydrogen-bond acceptors (Lipinski definition) is 4. The van der Waals surface area contributed by atoms with Crippen LogP contribution in [0.1, 0.15) is 16.4 Å². The summed E-state index contributed by atoms with van der Waals surface area (Å²) in [5.74, 6) is -0.470. The topological polar surface area (TPSA) is 81.1 Å². The first-order valence-electron chi connectivity index (χ1n) is 5.68. The van der Waals surface area contributed by atoms with Crippen molar-refractivity contribution in [3.63, 3.8) is 0 Å². The Morgan fingerprint density at radius 3 is 2.95 bits per heavy atom. The maximum absolute atomic E-state index is 11.2. The van der Waals surface area contributed by atoms with Gasteiger partial charge in [0.25, 0.3) is 0 Å². The smallest absolute Gasteiger partial charge is 0.356 e. The number of aromatic carboxylic acids is 1. The van der Waals surface area contributed by atoms with E-state index in [-0.39, 0.29) is 5.69 Å². The lowest BCUT2D eigenvalue weighted by molar-refractivity contribution is 0.0692. The van der Waals surface area contributed by atoms with Crippen molar-refractivity contribution < 1.29 is 14.3 Å². The monoisotopic (exact) mass is 257 g/mol. The number of carboxylic acid groups (broad SMARTS) is 1. The van der Waals surface area contributed by atoms with E-state index in [1.807, 2.05) is 0 Å². The van der Waals surface area contributed by atoms with E-state index >= 15 is 0 Å². The SMILES string of the molecule is Cc1nc2cc(-c3c(C(=O)O)ncn3C)ccc2o1. The summed E-state index contributed by atoms with van der Waals surface area (Å²) in [6.45, 7) is 1.77. The molecule has 0 saturated heterocycles. The van der Waals surface area contributed by atoms with Gasteiger partial charge in [-0.05, 0) is 18.2 Å². The van der Waals surface area contributed by atoms with Gasteiger partial charge in [-0.25, -0.2) is 14.8 Å². The average molecular weight is 257 g/mol. The third-order valence-corrected chi connectivity index (χ3v) is 2.91. The molecule has 6 nitrogen and oxygen atoms in total.